The Hall–Kier alpha value is -2.21. The summed E-state index contributed by atoms with van der Waals surface area (Å²) in [7, 11) is 0. The summed E-state index contributed by atoms with van der Waals surface area (Å²) in [5.74, 6) is -0.853. The molecule has 1 unspecified atom stereocenters. The molecular weight excluding hydrogens is 318 g/mol. The van der Waals surface area contributed by atoms with E-state index in [9.17, 15) is 14.4 Å². The molecule has 0 radical (unpaired) electrons. The number of nitrogens with one attached hydrogen (secondary N) is 1. The molecule has 0 aromatic heterocycles. The largest absolute Gasteiger partial charge is 0.348 e. The minimum Gasteiger partial charge on any atom is -0.348 e. The van der Waals surface area contributed by atoms with Crippen LogP contribution in [0.3, 0.4) is 0 Å². The number of nitrogens with two attached hydrogens (primary N) is 1. The lowest BCUT2D eigenvalue weighted by molar-refractivity contribution is 0.0652. The third-order valence-corrected chi connectivity index (χ3v) is 4.49. The fourth-order valence-corrected chi connectivity index (χ4v) is 2.92. The summed E-state index contributed by atoms with van der Waals surface area (Å²) < 4.78 is 0. The molecule has 2 rings (SSSR count). The number of hydrogen-bond acceptors (Lipinski definition) is 4. The van der Waals surface area contributed by atoms with Gasteiger partial charge in [-0.25, -0.2) is 0 Å². The second kappa shape index (κ2) is 8.76. The molecule has 0 aliphatic carbocycles. The highest BCUT2D eigenvalue weighted by atomic mass is 16.2. The fraction of sp³-hybridized carbons (Fsp3) is 0.526. The van der Waals surface area contributed by atoms with Crippen LogP contribution in [-0.4, -0.2) is 41.8 Å². The first-order valence-electron chi connectivity index (χ1n) is 9.04. The van der Waals surface area contributed by atoms with Crippen LogP contribution < -0.4 is 11.1 Å². The maximum absolute atomic E-state index is 12.5. The number of rotatable bonds is 9. The van der Waals surface area contributed by atoms with Crippen LogP contribution in [-0.2, 0) is 0 Å². The Morgan fingerprint density at radius 3 is 2.44 bits per heavy atom. The predicted molar refractivity (Wildman–Crippen MR) is 96.6 cm³/mol. The zero-order chi connectivity index (χ0) is 18.4. The Morgan fingerprint density at radius 2 is 1.80 bits per heavy atom. The van der Waals surface area contributed by atoms with Gasteiger partial charge in [0.15, 0.2) is 0 Å². The van der Waals surface area contributed by atoms with E-state index in [1.807, 2.05) is 6.92 Å². The third-order valence-electron chi connectivity index (χ3n) is 4.49. The molecule has 3 amide bonds. The number of fused-ring (bicyclic) bond motifs is 1. The van der Waals surface area contributed by atoms with Gasteiger partial charge in [0.25, 0.3) is 17.7 Å². The van der Waals surface area contributed by atoms with E-state index in [0.29, 0.717) is 29.8 Å². The molecule has 1 aliphatic heterocycles. The van der Waals surface area contributed by atoms with Crippen molar-refractivity contribution in [3.63, 3.8) is 0 Å². The minimum absolute atomic E-state index is 0.0842. The molecule has 3 N–H and O–H groups in total. The predicted octanol–water partition coefficient (Wildman–Crippen LogP) is 2.33. The number of unbranched alkanes of at least 4 members (excludes halogenated alkanes) is 2. The first-order chi connectivity index (χ1) is 12.0. The molecule has 1 aliphatic rings. The van der Waals surface area contributed by atoms with Crippen molar-refractivity contribution in [1.82, 2.24) is 10.2 Å². The zero-order valence-electron chi connectivity index (χ0n) is 15.0. The Labute approximate surface area is 148 Å². The highest BCUT2D eigenvalue weighted by Crippen LogP contribution is 2.24. The maximum Gasteiger partial charge on any atom is 0.261 e. The fourth-order valence-electron chi connectivity index (χ4n) is 2.92. The van der Waals surface area contributed by atoms with Crippen LogP contribution in [0, 0.1) is 0 Å². The summed E-state index contributed by atoms with van der Waals surface area (Å²) in [5.41, 5.74) is 6.78. The normalized spacial score (nSPS) is 14.6. The van der Waals surface area contributed by atoms with Crippen molar-refractivity contribution < 1.29 is 14.4 Å². The second-order valence-electron chi connectivity index (χ2n) is 6.42. The topological polar surface area (TPSA) is 92.5 Å². The van der Waals surface area contributed by atoms with Gasteiger partial charge in [-0.3, -0.25) is 19.3 Å². The second-order valence-corrected chi connectivity index (χ2v) is 6.42. The Kier molecular flexibility index (Phi) is 6.70. The van der Waals surface area contributed by atoms with Crippen molar-refractivity contribution >= 4 is 17.7 Å². The van der Waals surface area contributed by atoms with Gasteiger partial charge in [0.1, 0.15) is 0 Å². The standard InChI is InChI=1S/C19H27N3O3/c1-3-5-7-14(12-20)21-17(23)13-8-9-15-16(11-13)19(25)22(18(15)24)10-6-4-2/h8-9,11,14H,3-7,10,12,20H2,1-2H3,(H,21,23). The van der Waals surface area contributed by atoms with Crippen LogP contribution in [0.15, 0.2) is 18.2 Å². The third kappa shape index (κ3) is 4.25. The number of nitrogens with zero attached hydrogens (tertiary/aromatic N) is 1. The van der Waals surface area contributed by atoms with Crippen LogP contribution in [0.4, 0.5) is 0 Å². The molecule has 0 saturated heterocycles. The lowest BCUT2D eigenvalue weighted by Gasteiger charge is -2.16. The van der Waals surface area contributed by atoms with Gasteiger partial charge >= 0.3 is 0 Å². The van der Waals surface area contributed by atoms with Gasteiger partial charge in [-0.05, 0) is 31.0 Å². The van der Waals surface area contributed by atoms with Crippen LogP contribution in [0.5, 0.6) is 0 Å². The van der Waals surface area contributed by atoms with Crippen LogP contribution in [0.1, 0.15) is 77.0 Å². The van der Waals surface area contributed by atoms with Crippen molar-refractivity contribution in [3.05, 3.63) is 34.9 Å². The van der Waals surface area contributed by atoms with Gasteiger partial charge in [-0.15, -0.1) is 0 Å². The van der Waals surface area contributed by atoms with Gasteiger partial charge in [-0.1, -0.05) is 33.1 Å². The van der Waals surface area contributed by atoms with E-state index in [1.54, 1.807) is 12.1 Å². The van der Waals surface area contributed by atoms with Crippen molar-refractivity contribution in [3.8, 4) is 0 Å². The zero-order valence-corrected chi connectivity index (χ0v) is 15.0. The molecule has 25 heavy (non-hydrogen) atoms. The Balaban J connectivity index is 2.14. The van der Waals surface area contributed by atoms with Crippen molar-refractivity contribution in [2.75, 3.05) is 13.1 Å². The molecule has 136 valence electrons. The Bertz CT molecular complexity index is 657. The first-order valence-corrected chi connectivity index (χ1v) is 9.04. The van der Waals surface area contributed by atoms with E-state index in [4.69, 9.17) is 5.73 Å². The number of imide groups is 1. The first kappa shape index (κ1) is 19.1. The van der Waals surface area contributed by atoms with Gasteiger partial charge in [-0.2, -0.15) is 0 Å². The number of amides is 3. The molecular formula is C19H27N3O3. The Morgan fingerprint density at radius 1 is 1.12 bits per heavy atom. The molecule has 0 spiro atoms. The molecule has 0 saturated carbocycles. The number of benzene rings is 1. The summed E-state index contributed by atoms with van der Waals surface area (Å²) >= 11 is 0. The maximum atomic E-state index is 12.5. The van der Waals surface area contributed by atoms with Gasteiger partial charge in [0, 0.05) is 24.7 Å². The van der Waals surface area contributed by atoms with E-state index >= 15 is 0 Å². The van der Waals surface area contributed by atoms with Crippen molar-refractivity contribution in [2.45, 2.75) is 52.0 Å². The summed E-state index contributed by atoms with van der Waals surface area (Å²) in [4.78, 5) is 38.5. The molecule has 1 atom stereocenters. The molecule has 1 heterocycles. The van der Waals surface area contributed by atoms with Gasteiger partial charge in [0.05, 0.1) is 11.1 Å². The monoisotopic (exact) mass is 345 g/mol. The molecule has 6 nitrogen and oxygen atoms in total. The molecule has 0 bridgehead atoms. The molecule has 1 aromatic rings. The van der Waals surface area contributed by atoms with Gasteiger partial charge < -0.3 is 11.1 Å². The van der Waals surface area contributed by atoms with Crippen molar-refractivity contribution in [2.24, 2.45) is 5.73 Å². The van der Waals surface area contributed by atoms with Crippen LogP contribution in [0.2, 0.25) is 0 Å². The average molecular weight is 345 g/mol. The smallest absolute Gasteiger partial charge is 0.261 e. The van der Waals surface area contributed by atoms with Crippen molar-refractivity contribution in [1.29, 1.82) is 0 Å². The van der Waals surface area contributed by atoms with Crippen LogP contribution in [0.25, 0.3) is 0 Å². The highest BCUT2D eigenvalue weighted by molar-refractivity contribution is 6.22. The lowest BCUT2D eigenvalue weighted by atomic mass is 10.0. The highest BCUT2D eigenvalue weighted by Gasteiger charge is 2.35. The lowest BCUT2D eigenvalue weighted by Crippen LogP contribution is -2.40. The summed E-state index contributed by atoms with van der Waals surface area (Å²) in [6, 6.07) is 4.60. The minimum atomic E-state index is -0.315. The van der Waals surface area contributed by atoms with E-state index in [-0.39, 0.29) is 23.8 Å². The molecule has 1 aromatic carbocycles. The quantitative estimate of drug-likeness (QED) is 0.672. The summed E-state index contributed by atoms with van der Waals surface area (Å²) in [6.45, 7) is 4.88. The van der Waals surface area contributed by atoms with Crippen LogP contribution >= 0.6 is 0 Å². The number of carbonyl (C=O) groups excluding carboxylic acids is 3. The number of carbonyl (C=O) groups is 3. The van der Waals surface area contributed by atoms with E-state index in [0.717, 1.165) is 32.1 Å². The molecule has 0 fully saturated rings. The van der Waals surface area contributed by atoms with E-state index in [2.05, 4.69) is 12.2 Å². The molecule has 6 heteroatoms. The summed E-state index contributed by atoms with van der Waals surface area (Å²) in [6.07, 6.45) is 4.53. The van der Waals surface area contributed by atoms with E-state index in [1.165, 1.54) is 11.0 Å². The average Bonchev–Trinajstić information content (AvgIpc) is 2.86. The SMILES string of the molecule is CCCCC(CN)NC(=O)c1ccc2c(c1)C(=O)N(CCCC)C2=O. The summed E-state index contributed by atoms with van der Waals surface area (Å²) in [5, 5.41) is 2.91. The van der Waals surface area contributed by atoms with Gasteiger partial charge in [0.2, 0.25) is 0 Å². The van der Waals surface area contributed by atoms with E-state index < -0.39 is 0 Å². The number of hydrogen-bond donors (Lipinski definition) is 2.